The van der Waals surface area contributed by atoms with Gasteiger partial charge < -0.3 is 4.74 Å². The van der Waals surface area contributed by atoms with Gasteiger partial charge in [0, 0.05) is 5.56 Å². The number of aromatic nitrogens is 3. The molecule has 4 rings (SSSR count). The molecule has 0 aliphatic rings. The molecular formula is C18H12F3N3O2. The topological polar surface area (TPSA) is 56.5 Å². The predicted octanol–water partition coefficient (Wildman–Crippen LogP) is 4.18. The van der Waals surface area contributed by atoms with Gasteiger partial charge in [-0.25, -0.2) is 14.8 Å². The zero-order chi connectivity index (χ0) is 18.5. The van der Waals surface area contributed by atoms with Crippen LogP contribution in [0.3, 0.4) is 0 Å². The van der Waals surface area contributed by atoms with Crippen LogP contribution in [0, 0.1) is 0 Å². The molecule has 0 atom stereocenters. The second kappa shape index (κ2) is 5.69. The number of carbonyl (C=O) groups excluding carboxylic acids is 1. The smallest absolute Gasteiger partial charge is 0.416 e. The van der Waals surface area contributed by atoms with Gasteiger partial charge in [-0.05, 0) is 31.2 Å². The number of pyridine rings is 1. The molecular weight excluding hydrogens is 347 g/mol. The van der Waals surface area contributed by atoms with Crippen LogP contribution in [-0.2, 0) is 10.9 Å². The lowest BCUT2D eigenvalue weighted by atomic mass is 10.1. The predicted molar refractivity (Wildman–Crippen MR) is 88.1 cm³/mol. The summed E-state index contributed by atoms with van der Waals surface area (Å²) in [5, 5.41) is 0. The fourth-order valence-corrected chi connectivity index (χ4v) is 2.89. The Morgan fingerprint density at radius 1 is 1.12 bits per heavy atom. The van der Waals surface area contributed by atoms with E-state index < -0.39 is 17.7 Å². The van der Waals surface area contributed by atoms with Gasteiger partial charge >= 0.3 is 12.1 Å². The quantitative estimate of drug-likeness (QED) is 0.515. The van der Waals surface area contributed by atoms with Crippen molar-refractivity contribution in [2.75, 3.05) is 6.61 Å². The summed E-state index contributed by atoms with van der Waals surface area (Å²) in [5.74, 6) is -0.554. The molecule has 0 saturated heterocycles. The summed E-state index contributed by atoms with van der Waals surface area (Å²) in [6, 6.07) is 9.88. The summed E-state index contributed by atoms with van der Waals surface area (Å²) in [7, 11) is 0. The minimum Gasteiger partial charge on any atom is -0.461 e. The molecule has 0 amide bonds. The first-order chi connectivity index (χ1) is 12.4. The largest absolute Gasteiger partial charge is 0.461 e. The molecule has 26 heavy (non-hydrogen) atoms. The lowest BCUT2D eigenvalue weighted by Crippen LogP contribution is -2.05. The molecule has 0 bridgehead atoms. The molecule has 4 aromatic rings. The number of hydrogen-bond acceptors (Lipinski definition) is 4. The maximum atomic E-state index is 12.8. The number of hydrogen-bond donors (Lipinski definition) is 0. The van der Waals surface area contributed by atoms with Crippen LogP contribution in [0.5, 0.6) is 0 Å². The molecule has 0 N–H and O–H groups in total. The number of ether oxygens (including phenoxy) is 1. The molecule has 1 aromatic carbocycles. The molecule has 0 aliphatic heterocycles. The van der Waals surface area contributed by atoms with Crippen molar-refractivity contribution in [2.45, 2.75) is 13.1 Å². The number of halogens is 3. The van der Waals surface area contributed by atoms with Crippen LogP contribution in [0.25, 0.3) is 28.1 Å². The van der Waals surface area contributed by atoms with E-state index in [-0.39, 0.29) is 12.3 Å². The Hall–Kier alpha value is -3.16. The molecule has 0 radical (unpaired) electrons. The third kappa shape index (κ3) is 2.45. The van der Waals surface area contributed by atoms with E-state index in [9.17, 15) is 18.0 Å². The average molecular weight is 359 g/mol. The van der Waals surface area contributed by atoms with Gasteiger partial charge in [-0.3, -0.25) is 4.40 Å². The Bertz CT molecular complexity index is 1100. The minimum absolute atomic E-state index is 0.156. The molecule has 3 heterocycles. The summed E-state index contributed by atoms with van der Waals surface area (Å²) < 4.78 is 45.0. The fourth-order valence-electron chi connectivity index (χ4n) is 2.89. The van der Waals surface area contributed by atoms with E-state index in [2.05, 4.69) is 9.97 Å². The third-order valence-corrected chi connectivity index (χ3v) is 4.03. The maximum absolute atomic E-state index is 12.8. The number of benzene rings is 1. The van der Waals surface area contributed by atoms with Gasteiger partial charge in [0.15, 0.2) is 11.3 Å². The molecule has 0 unspecified atom stereocenters. The lowest BCUT2D eigenvalue weighted by molar-refractivity contribution is -0.137. The second-order valence-electron chi connectivity index (χ2n) is 5.64. The summed E-state index contributed by atoms with van der Waals surface area (Å²) in [6.07, 6.45) is -4.41. The highest BCUT2D eigenvalue weighted by atomic mass is 19.4. The van der Waals surface area contributed by atoms with Crippen molar-refractivity contribution >= 4 is 22.8 Å². The van der Waals surface area contributed by atoms with E-state index >= 15 is 0 Å². The van der Waals surface area contributed by atoms with Crippen LogP contribution in [0.15, 0.2) is 42.5 Å². The number of rotatable bonds is 3. The molecule has 3 aromatic heterocycles. The molecule has 0 saturated carbocycles. The summed E-state index contributed by atoms with van der Waals surface area (Å²) in [4.78, 5) is 20.9. The van der Waals surface area contributed by atoms with E-state index in [4.69, 9.17) is 4.74 Å². The Labute approximate surface area is 145 Å². The second-order valence-corrected chi connectivity index (χ2v) is 5.64. The zero-order valence-electron chi connectivity index (χ0n) is 13.5. The van der Waals surface area contributed by atoms with Gasteiger partial charge in [0.25, 0.3) is 0 Å². The maximum Gasteiger partial charge on any atom is 0.416 e. The van der Waals surface area contributed by atoms with Crippen LogP contribution in [0.1, 0.15) is 23.0 Å². The first-order valence-electron chi connectivity index (χ1n) is 7.85. The van der Waals surface area contributed by atoms with E-state index in [0.717, 1.165) is 12.1 Å². The number of carbonyl (C=O) groups is 1. The van der Waals surface area contributed by atoms with Crippen molar-refractivity contribution in [1.29, 1.82) is 0 Å². The minimum atomic E-state index is -4.41. The number of nitrogens with zero attached hydrogens (tertiary/aromatic N) is 3. The Balaban J connectivity index is 1.89. The fraction of sp³-hybridized carbons (Fsp3) is 0.167. The van der Waals surface area contributed by atoms with Crippen molar-refractivity contribution in [1.82, 2.24) is 14.4 Å². The van der Waals surface area contributed by atoms with E-state index in [0.29, 0.717) is 28.1 Å². The van der Waals surface area contributed by atoms with Crippen LogP contribution in [0.2, 0.25) is 0 Å². The zero-order valence-corrected chi connectivity index (χ0v) is 13.5. The van der Waals surface area contributed by atoms with Gasteiger partial charge in [0.2, 0.25) is 0 Å². The third-order valence-electron chi connectivity index (χ3n) is 4.03. The molecule has 0 spiro atoms. The van der Waals surface area contributed by atoms with Crippen LogP contribution in [-0.4, -0.2) is 26.9 Å². The monoisotopic (exact) mass is 359 g/mol. The molecule has 0 fully saturated rings. The van der Waals surface area contributed by atoms with E-state index in [1.807, 2.05) is 0 Å². The summed E-state index contributed by atoms with van der Waals surface area (Å²) in [6.45, 7) is 1.91. The van der Waals surface area contributed by atoms with Crippen molar-refractivity contribution in [2.24, 2.45) is 0 Å². The lowest BCUT2D eigenvalue weighted by Gasteiger charge is -2.06. The van der Waals surface area contributed by atoms with Gasteiger partial charge in [-0.15, -0.1) is 0 Å². The average Bonchev–Trinajstić information content (AvgIpc) is 3.17. The van der Waals surface area contributed by atoms with Crippen LogP contribution < -0.4 is 0 Å². The highest BCUT2D eigenvalue weighted by molar-refractivity contribution is 5.99. The van der Waals surface area contributed by atoms with Gasteiger partial charge in [-0.2, -0.15) is 13.2 Å². The number of imidazole rings is 2. The molecule has 132 valence electrons. The highest BCUT2D eigenvalue weighted by Gasteiger charge is 2.30. The van der Waals surface area contributed by atoms with Crippen molar-refractivity contribution in [3.63, 3.8) is 0 Å². The van der Waals surface area contributed by atoms with Crippen molar-refractivity contribution in [3.05, 3.63) is 53.7 Å². The number of esters is 1. The van der Waals surface area contributed by atoms with Gasteiger partial charge in [0.05, 0.1) is 17.7 Å². The standard InChI is InChI=1S/C18H12F3N3O2/c1-2-26-17(25)15-12-4-3-5-13-22-14(16(23-15)24(12)13)10-6-8-11(9-7-10)18(19,20)21/h3-9H,2H2,1H3. The van der Waals surface area contributed by atoms with Crippen LogP contribution in [0.4, 0.5) is 13.2 Å². The first-order valence-corrected chi connectivity index (χ1v) is 7.85. The Morgan fingerprint density at radius 3 is 2.50 bits per heavy atom. The van der Waals surface area contributed by atoms with Crippen molar-refractivity contribution in [3.8, 4) is 11.3 Å². The normalized spacial score (nSPS) is 12.2. The molecule has 8 heteroatoms. The highest BCUT2D eigenvalue weighted by Crippen LogP contribution is 2.33. The van der Waals surface area contributed by atoms with E-state index in [1.165, 1.54) is 12.1 Å². The summed E-state index contributed by atoms with van der Waals surface area (Å²) >= 11 is 0. The molecule has 5 nitrogen and oxygen atoms in total. The molecule has 0 aliphatic carbocycles. The number of alkyl halides is 3. The van der Waals surface area contributed by atoms with Crippen LogP contribution >= 0.6 is 0 Å². The Kier molecular flexibility index (Phi) is 3.57. The van der Waals surface area contributed by atoms with Gasteiger partial charge in [0.1, 0.15) is 11.3 Å². The van der Waals surface area contributed by atoms with Gasteiger partial charge in [-0.1, -0.05) is 18.2 Å². The van der Waals surface area contributed by atoms with E-state index in [1.54, 1.807) is 29.5 Å². The van der Waals surface area contributed by atoms with Crippen molar-refractivity contribution < 1.29 is 22.7 Å². The summed E-state index contributed by atoms with van der Waals surface area (Å²) in [5.41, 5.74) is 1.80. The Morgan fingerprint density at radius 2 is 1.85 bits per heavy atom. The SMILES string of the molecule is CCOC(=O)c1nc2c(-c3ccc(C(F)(F)F)cc3)nc3cccc1n32. The first kappa shape index (κ1) is 16.3.